The highest BCUT2D eigenvalue weighted by atomic mass is 31.2. The summed E-state index contributed by atoms with van der Waals surface area (Å²) in [6, 6.07) is 0. The van der Waals surface area contributed by atoms with Gasteiger partial charge < -0.3 is 27.9 Å². The summed E-state index contributed by atoms with van der Waals surface area (Å²) >= 11 is 0. The molecule has 0 fully saturated rings. The summed E-state index contributed by atoms with van der Waals surface area (Å²) in [5.74, 6) is -0.334. The van der Waals surface area contributed by atoms with Crippen LogP contribution >= 0.6 is 7.82 Å². The molecule has 0 aliphatic rings. The van der Waals surface area contributed by atoms with E-state index < -0.39 is 13.9 Å². The van der Waals surface area contributed by atoms with Gasteiger partial charge in [0.1, 0.15) is 19.3 Å². The van der Waals surface area contributed by atoms with Gasteiger partial charge in [0.15, 0.2) is 0 Å². The number of phosphoric acid groups is 1. The van der Waals surface area contributed by atoms with Gasteiger partial charge in [-0.15, -0.1) is 0 Å². The van der Waals surface area contributed by atoms with Gasteiger partial charge >= 0.3 is 5.97 Å². The number of quaternary nitrogens is 1. The minimum atomic E-state index is -4.53. The fourth-order valence-corrected chi connectivity index (χ4v) is 8.01. The molecule has 0 radical (unpaired) electrons. The number of ether oxygens (including phenoxy) is 2. The average Bonchev–Trinajstić information content (AvgIpc) is 3.25. The first kappa shape index (κ1) is 62.2. The van der Waals surface area contributed by atoms with Crippen molar-refractivity contribution in [2.24, 2.45) is 0 Å². The molecule has 0 aliphatic carbocycles. The predicted molar refractivity (Wildman–Crippen MR) is 273 cm³/mol. The molecular formula is C55H102NO7P. The van der Waals surface area contributed by atoms with Crippen LogP contribution in [0, 0.1) is 0 Å². The molecule has 0 aromatic rings. The van der Waals surface area contributed by atoms with Crippen LogP contribution in [0.2, 0.25) is 0 Å². The fourth-order valence-electron chi connectivity index (χ4n) is 7.28. The molecule has 0 aliphatic heterocycles. The van der Waals surface area contributed by atoms with E-state index in [2.05, 4.69) is 74.6 Å². The zero-order valence-corrected chi connectivity index (χ0v) is 43.4. The van der Waals surface area contributed by atoms with Crippen LogP contribution in [0.15, 0.2) is 60.8 Å². The maximum Gasteiger partial charge on any atom is 0.306 e. The molecule has 2 unspecified atom stereocenters. The molecule has 2 atom stereocenters. The molecule has 0 rings (SSSR count). The van der Waals surface area contributed by atoms with Gasteiger partial charge in [0.25, 0.3) is 7.82 Å². The van der Waals surface area contributed by atoms with Gasteiger partial charge in [-0.25, -0.2) is 0 Å². The Morgan fingerprint density at radius 1 is 0.500 bits per heavy atom. The van der Waals surface area contributed by atoms with Crippen LogP contribution in [0.25, 0.3) is 0 Å². The van der Waals surface area contributed by atoms with Crippen LogP contribution in [0.3, 0.4) is 0 Å². The minimum Gasteiger partial charge on any atom is -0.756 e. The van der Waals surface area contributed by atoms with Crippen LogP contribution in [0.4, 0.5) is 0 Å². The van der Waals surface area contributed by atoms with Gasteiger partial charge in [0.05, 0.1) is 34.4 Å². The Labute approximate surface area is 396 Å². The van der Waals surface area contributed by atoms with Gasteiger partial charge in [-0.3, -0.25) is 9.36 Å². The lowest BCUT2D eigenvalue weighted by Gasteiger charge is -2.28. The maximum atomic E-state index is 12.7. The second-order valence-electron chi connectivity index (χ2n) is 18.9. The van der Waals surface area contributed by atoms with Crippen molar-refractivity contribution in [2.45, 2.75) is 232 Å². The predicted octanol–water partition coefficient (Wildman–Crippen LogP) is 15.8. The molecular weight excluding hydrogens is 818 g/mol. The van der Waals surface area contributed by atoms with E-state index in [0.29, 0.717) is 24.1 Å². The van der Waals surface area contributed by atoms with Crippen LogP contribution in [0.5, 0.6) is 0 Å². The van der Waals surface area contributed by atoms with E-state index in [1.54, 1.807) is 0 Å². The van der Waals surface area contributed by atoms with Crippen LogP contribution in [0.1, 0.15) is 226 Å². The van der Waals surface area contributed by atoms with Gasteiger partial charge in [-0.2, -0.15) is 0 Å². The molecule has 0 bridgehead atoms. The van der Waals surface area contributed by atoms with Crippen molar-refractivity contribution < 1.29 is 37.3 Å². The van der Waals surface area contributed by atoms with Crippen molar-refractivity contribution in [1.82, 2.24) is 0 Å². The van der Waals surface area contributed by atoms with Gasteiger partial charge in [-0.1, -0.05) is 222 Å². The second kappa shape index (κ2) is 47.7. The molecule has 64 heavy (non-hydrogen) atoms. The number of carbonyl (C=O) groups excluding carboxylic acids is 1. The number of hydrogen-bond donors (Lipinski definition) is 0. The third-order valence-electron chi connectivity index (χ3n) is 11.3. The lowest BCUT2D eigenvalue weighted by Crippen LogP contribution is -2.37. The highest BCUT2D eigenvalue weighted by Crippen LogP contribution is 2.38. The Hall–Kier alpha value is -1.80. The molecule has 0 saturated carbocycles. The van der Waals surface area contributed by atoms with Crippen LogP contribution in [-0.2, 0) is 27.9 Å². The number of likely N-dealkylation sites (N-methyl/N-ethyl adjacent to an activating group) is 1. The number of phosphoric ester groups is 1. The molecule has 0 aromatic carbocycles. The molecule has 374 valence electrons. The number of nitrogens with zero attached hydrogens (tertiary/aromatic N) is 1. The molecule has 0 aromatic heterocycles. The van der Waals surface area contributed by atoms with Crippen LogP contribution in [-0.4, -0.2) is 70.7 Å². The first-order chi connectivity index (χ1) is 31.1. The third-order valence-corrected chi connectivity index (χ3v) is 12.3. The van der Waals surface area contributed by atoms with E-state index in [1.165, 1.54) is 141 Å². The first-order valence-corrected chi connectivity index (χ1v) is 28.0. The number of carbonyl (C=O) groups is 1. The number of esters is 1. The van der Waals surface area contributed by atoms with Gasteiger partial charge in [0.2, 0.25) is 0 Å². The molecule has 0 saturated heterocycles. The standard InChI is InChI=1S/C55H102NO7P/c1-6-8-10-12-14-16-18-20-22-24-25-26-27-28-29-30-31-32-33-35-37-39-41-43-45-47-50-60-52-54(53-62-64(58,59)61-51-49-56(3,4)5)63-55(57)48-46-44-42-40-38-36-34-23-21-19-17-15-13-11-9-7-2/h8,10,14,16,20,22,25-26,28-29,54H,6-7,9,11-13,15,17-19,21,23-24,27,30-53H2,1-5H3/b10-8-,16-14-,22-20-,26-25-,29-28-. The fraction of sp³-hybridized carbons (Fsp3) is 0.800. The highest BCUT2D eigenvalue weighted by Gasteiger charge is 2.20. The molecule has 9 heteroatoms. The van der Waals surface area contributed by atoms with E-state index in [4.69, 9.17) is 18.5 Å². The van der Waals surface area contributed by atoms with Crippen molar-refractivity contribution in [1.29, 1.82) is 0 Å². The average molecular weight is 920 g/mol. The Bertz CT molecular complexity index is 1210. The number of allylic oxidation sites excluding steroid dienone is 10. The summed E-state index contributed by atoms with van der Waals surface area (Å²) in [4.78, 5) is 25.2. The largest absolute Gasteiger partial charge is 0.756 e. The highest BCUT2D eigenvalue weighted by molar-refractivity contribution is 7.45. The van der Waals surface area contributed by atoms with E-state index in [-0.39, 0.29) is 25.8 Å². The van der Waals surface area contributed by atoms with Crippen molar-refractivity contribution in [2.75, 3.05) is 54.1 Å². The van der Waals surface area contributed by atoms with E-state index in [0.717, 1.165) is 64.2 Å². The smallest absolute Gasteiger partial charge is 0.306 e. The quantitative estimate of drug-likeness (QED) is 0.0197. The SMILES string of the molecule is CC/C=C\C/C=C\C/C=C\C/C=C\C/C=C\CCCCCCCCCCCCOCC(COP(=O)([O-])OCC[N+](C)(C)C)OC(=O)CCCCCCCCCCCCCCCCCC. The topological polar surface area (TPSA) is 94.1 Å². The molecule has 0 amide bonds. The summed E-state index contributed by atoms with van der Waals surface area (Å²) in [6.07, 6.45) is 61.0. The molecule has 0 spiro atoms. The van der Waals surface area contributed by atoms with Crippen molar-refractivity contribution in [3.05, 3.63) is 60.8 Å². The molecule has 8 nitrogen and oxygen atoms in total. The summed E-state index contributed by atoms with van der Waals surface area (Å²) in [5.41, 5.74) is 0. The zero-order chi connectivity index (χ0) is 46.9. The number of rotatable bonds is 49. The monoisotopic (exact) mass is 920 g/mol. The summed E-state index contributed by atoms with van der Waals surface area (Å²) in [5, 5.41) is 0. The lowest BCUT2D eigenvalue weighted by molar-refractivity contribution is -0.870. The van der Waals surface area contributed by atoms with Crippen molar-refractivity contribution in [3.8, 4) is 0 Å². The van der Waals surface area contributed by atoms with E-state index in [1.807, 2.05) is 21.1 Å². The summed E-state index contributed by atoms with van der Waals surface area (Å²) in [6.45, 7) is 5.31. The number of unbranched alkanes of at least 4 members (excludes halogenated alkanes) is 25. The molecule has 0 heterocycles. The van der Waals surface area contributed by atoms with E-state index >= 15 is 0 Å². The summed E-state index contributed by atoms with van der Waals surface area (Å²) in [7, 11) is 1.36. The second-order valence-corrected chi connectivity index (χ2v) is 20.3. The Balaban J connectivity index is 4.10. The normalized spacial score (nSPS) is 14.0. The zero-order valence-electron chi connectivity index (χ0n) is 42.5. The van der Waals surface area contributed by atoms with E-state index in [9.17, 15) is 14.3 Å². The minimum absolute atomic E-state index is 0.0247. The number of hydrogen-bond acceptors (Lipinski definition) is 7. The van der Waals surface area contributed by atoms with Crippen molar-refractivity contribution in [3.63, 3.8) is 0 Å². The Morgan fingerprint density at radius 2 is 0.906 bits per heavy atom. The van der Waals surface area contributed by atoms with Crippen LogP contribution < -0.4 is 4.89 Å². The Kier molecular flexibility index (Phi) is 46.3. The maximum absolute atomic E-state index is 12.7. The van der Waals surface area contributed by atoms with Gasteiger partial charge in [0, 0.05) is 13.0 Å². The Morgan fingerprint density at radius 3 is 1.36 bits per heavy atom. The van der Waals surface area contributed by atoms with Crippen molar-refractivity contribution >= 4 is 13.8 Å². The molecule has 0 N–H and O–H groups in total. The lowest BCUT2D eigenvalue weighted by atomic mass is 10.0. The summed E-state index contributed by atoms with van der Waals surface area (Å²) < 4.78 is 34.8. The van der Waals surface area contributed by atoms with Gasteiger partial charge in [-0.05, 0) is 57.8 Å². The third kappa shape index (κ3) is 51.2. The first-order valence-electron chi connectivity index (χ1n) is 26.5.